The van der Waals surface area contributed by atoms with Crippen molar-refractivity contribution in [3.8, 4) is 5.75 Å². The molecule has 4 heteroatoms. The molecule has 2 atom stereocenters. The first-order valence-electron chi connectivity index (χ1n) is 7.00. The number of rotatable bonds is 4. The second kappa shape index (κ2) is 6.37. The maximum Gasteiger partial charge on any atom is 0.122 e. The largest absolute Gasteiger partial charge is 0.496 e. The van der Waals surface area contributed by atoms with Crippen molar-refractivity contribution in [2.75, 3.05) is 33.8 Å². The molecule has 0 spiro atoms. The van der Waals surface area contributed by atoms with Crippen molar-refractivity contribution in [3.05, 3.63) is 29.3 Å². The molecule has 4 nitrogen and oxygen atoms in total. The van der Waals surface area contributed by atoms with E-state index >= 15 is 0 Å². The van der Waals surface area contributed by atoms with Crippen LogP contribution in [0.3, 0.4) is 0 Å². The number of methoxy groups -OCH3 is 1. The molecular formula is C15H25N3O. The number of nitrogens with two attached hydrogens (primary N) is 1. The first kappa shape index (κ1) is 14.3. The van der Waals surface area contributed by atoms with Crippen LogP contribution >= 0.6 is 0 Å². The van der Waals surface area contributed by atoms with E-state index < -0.39 is 0 Å². The normalized spacial score (nSPS) is 22.2. The first-order valence-corrected chi connectivity index (χ1v) is 7.00. The van der Waals surface area contributed by atoms with Crippen molar-refractivity contribution < 1.29 is 4.74 Å². The predicted octanol–water partition coefficient (Wildman–Crippen LogP) is 1.16. The molecule has 106 valence electrons. The third kappa shape index (κ3) is 3.08. The van der Waals surface area contributed by atoms with Crippen LogP contribution in [-0.4, -0.2) is 44.7 Å². The zero-order valence-corrected chi connectivity index (χ0v) is 12.1. The van der Waals surface area contributed by atoms with Gasteiger partial charge in [-0.1, -0.05) is 19.1 Å². The fourth-order valence-corrected chi connectivity index (χ4v) is 2.73. The number of hydrogen-bond donors (Lipinski definition) is 2. The van der Waals surface area contributed by atoms with E-state index in [0.717, 1.165) is 31.8 Å². The molecular weight excluding hydrogens is 238 g/mol. The van der Waals surface area contributed by atoms with Gasteiger partial charge in [0.15, 0.2) is 0 Å². The van der Waals surface area contributed by atoms with Crippen LogP contribution in [0.5, 0.6) is 5.75 Å². The van der Waals surface area contributed by atoms with E-state index in [-0.39, 0.29) is 6.04 Å². The maximum atomic E-state index is 6.45. The Labute approximate surface area is 115 Å². The number of benzene rings is 1. The molecule has 1 heterocycles. The zero-order valence-electron chi connectivity index (χ0n) is 12.1. The zero-order chi connectivity index (χ0) is 13.8. The van der Waals surface area contributed by atoms with Crippen molar-refractivity contribution >= 4 is 0 Å². The number of hydrogen-bond acceptors (Lipinski definition) is 4. The molecule has 1 saturated heterocycles. The lowest BCUT2D eigenvalue weighted by molar-refractivity contribution is 0.174. The molecule has 1 fully saturated rings. The van der Waals surface area contributed by atoms with Gasteiger partial charge in [0, 0.05) is 31.7 Å². The Kier molecular flexibility index (Phi) is 4.80. The maximum absolute atomic E-state index is 6.45. The van der Waals surface area contributed by atoms with Gasteiger partial charge >= 0.3 is 0 Å². The molecule has 19 heavy (non-hydrogen) atoms. The average Bonchev–Trinajstić information content (AvgIpc) is 2.46. The third-order valence-corrected chi connectivity index (χ3v) is 4.05. The summed E-state index contributed by atoms with van der Waals surface area (Å²) < 4.78 is 5.37. The summed E-state index contributed by atoms with van der Waals surface area (Å²) in [6, 6.07) is 6.70. The van der Waals surface area contributed by atoms with Gasteiger partial charge in [-0.25, -0.2) is 0 Å². The number of piperazine rings is 1. The van der Waals surface area contributed by atoms with Crippen LogP contribution in [0, 0.1) is 0 Å². The van der Waals surface area contributed by atoms with Crippen LogP contribution in [0.2, 0.25) is 0 Å². The van der Waals surface area contributed by atoms with Crippen LogP contribution in [0.25, 0.3) is 0 Å². The second-order valence-electron chi connectivity index (χ2n) is 5.20. The molecule has 2 rings (SSSR count). The predicted molar refractivity (Wildman–Crippen MR) is 78.6 cm³/mol. The SMILES string of the molecule is CCc1cc(C(N)C2CNCCN2C)ccc1OC. The van der Waals surface area contributed by atoms with Crippen molar-refractivity contribution in [2.45, 2.75) is 25.4 Å². The summed E-state index contributed by atoms with van der Waals surface area (Å²) in [7, 11) is 3.86. The molecule has 0 aromatic heterocycles. The van der Waals surface area contributed by atoms with Gasteiger partial charge in [-0.3, -0.25) is 4.90 Å². The highest BCUT2D eigenvalue weighted by Crippen LogP contribution is 2.26. The van der Waals surface area contributed by atoms with Crippen LogP contribution in [0.1, 0.15) is 24.1 Å². The van der Waals surface area contributed by atoms with Gasteiger partial charge in [0.25, 0.3) is 0 Å². The van der Waals surface area contributed by atoms with E-state index in [1.807, 2.05) is 6.07 Å². The number of aryl methyl sites for hydroxylation is 1. The van der Waals surface area contributed by atoms with Crippen LogP contribution < -0.4 is 15.8 Å². The number of likely N-dealkylation sites (N-methyl/N-ethyl adjacent to an activating group) is 1. The van der Waals surface area contributed by atoms with Crippen molar-refractivity contribution in [2.24, 2.45) is 5.73 Å². The average molecular weight is 263 g/mol. The lowest BCUT2D eigenvalue weighted by atomic mass is 9.95. The van der Waals surface area contributed by atoms with Gasteiger partial charge in [-0.05, 0) is 30.7 Å². The van der Waals surface area contributed by atoms with E-state index in [1.165, 1.54) is 11.1 Å². The Hall–Kier alpha value is -1.10. The van der Waals surface area contributed by atoms with E-state index in [0.29, 0.717) is 6.04 Å². The van der Waals surface area contributed by atoms with Crippen molar-refractivity contribution in [1.82, 2.24) is 10.2 Å². The summed E-state index contributed by atoms with van der Waals surface area (Å²) in [4.78, 5) is 2.34. The van der Waals surface area contributed by atoms with E-state index in [4.69, 9.17) is 10.5 Å². The molecule has 1 aromatic rings. The van der Waals surface area contributed by atoms with Crippen LogP contribution in [0.15, 0.2) is 18.2 Å². The molecule has 1 aliphatic heterocycles. The Bertz CT molecular complexity index is 422. The lowest BCUT2D eigenvalue weighted by Gasteiger charge is -2.37. The van der Waals surface area contributed by atoms with Crippen molar-refractivity contribution in [1.29, 1.82) is 0 Å². The minimum absolute atomic E-state index is 0.0361. The summed E-state index contributed by atoms with van der Waals surface area (Å²) in [5.41, 5.74) is 8.87. The highest BCUT2D eigenvalue weighted by atomic mass is 16.5. The Morgan fingerprint density at radius 1 is 1.53 bits per heavy atom. The molecule has 0 aliphatic carbocycles. The topological polar surface area (TPSA) is 50.5 Å². The van der Waals surface area contributed by atoms with Gasteiger partial charge in [-0.15, -0.1) is 0 Å². The molecule has 0 saturated carbocycles. The highest BCUT2D eigenvalue weighted by molar-refractivity contribution is 5.38. The monoisotopic (exact) mass is 263 g/mol. The first-order chi connectivity index (χ1) is 9.17. The number of ether oxygens (including phenoxy) is 1. The summed E-state index contributed by atoms with van der Waals surface area (Å²) in [5, 5.41) is 3.42. The Morgan fingerprint density at radius 2 is 2.32 bits per heavy atom. The Balaban J connectivity index is 2.20. The second-order valence-corrected chi connectivity index (χ2v) is 5.20. The van der Waals surface area contributed by atoms with E-state index in [2.05, 4.69) is 36.3 Å². The van der Waals surface area contributed by atoms with Crippen LogP contribution in [-0.2, 0) is 6.42 Å². The van der Waals surface area contributed by atoms with Gasteiger partial charge in [0.05, 0.1) is 7.11 Å². The standard InChI is InChI=1S/C15H25N3O/c1-4-11-9-12(5-6-14(11)19-3)15(16)13-10-17-7-8-18(13)2/h5-6,9,13,15,17H,4,7-8,10,16H2,1-3H3. The Morgan fingerprint density at radius 3 is 2.95 bits per heavy atom. The van der Waals surface area contributed by atoms with Gasteiger partial charge in [0.1, 0.15) is 5.75 Å². The molecule has 0 amide bonds. The fraction of sp³-hybridized carbons (Fsp3) is 0.600. The lowest BCUT2D eigenvalue weighted by Crippen LogP contribution is -2.53. The molecule has 1 aliphatic rings. The molecule has 1 aromatic carbocycles. The molecule has 3 N–H and O–H groups in total. The quantitative estimate of drug-likeness (QED) is 0.856. The van der Waals surface area contributed by atoms with Gasteiger partial charge in [-0.2, -0.15) is 0 Å². The summed E-state index contributed by atoms with van der Waals surface area (Å²) in [5.74, 6) is 0.952. The summed E-state index contributed by atoms with van der Waals surface area (Å²) in [6.07, 6.45) is 0.961. The summed E-state index contributed by atoms with van der Waals surface area (Å²) in [6.45, 7) is 5.18. The van der Waals surface area contributed by atoms with Gasteiger partial charge < -0.3 is 15.8 Å². The number of nitrogens with one attached hydrogen (secondary N) is 1. The van der Waals surface area contributed by atoms with E-state index in [9.17, 15) is 0 Å². The van der Waals surface area contributed by atoms with Crippen molar-refractivity contribution in [3.63, 3.8) is 0 Å². The summed E-state index contributed by atoms with van der Waals surface area (Å²) >= 11 is 0. The van der Waals surface area contributed by atoms with E-state index in [1.54, 1.807) is 7.11 Å². The van der Waals surface area contributed by atoms with Crippen LogP contribution in [0.4, 0.5) is 0 Å². The third-order valence-electron chi connectivity index (χ3n) is 4.05. The molecule has 0 bridgehead atoms. The fourth-order valence-electron chi connectivity index (χ4n) is 2.73. The number of nitrogens with zero attached hydrogens (tertiary/aromatic N) is 1. The molecule has 2 unspecified atom stereocenters. The smallest absolute Gasteiger partial charge is 0.122 e. The minimum atomic E-state index is 0.0361. The highest BCUT2D eigenvalue weighted by Gasteiger charge is 2.26. The molecule has 0 radical (unpaired) electrons. The minimum Gasteiger partial charge on any atom is -0.496 e. The van der Waals surface area contributed by atoms with Gasteiger partial charge in [0.2, 0.25) is 0 Å².